The number of fused-ring (bicyclic) bond motifs is 1. The summed E-state index contributed by atoms with van der Waals surface area (Å²) in [5, 5.41) is 0. The van der Waals surface area contributed by atoms with E-state index in [0.29, 0.717) is 29.7 Å². The van der Waals surface area contributed by atoms with E-state index in [4.69, 9.17) is 9.47 Å². The van der Waals surface area contributed by atoms with Gasteiger partial charge in [0, 0.05) is 0 Å². The normalized spacial score (nSPS) is 16.0. The van der Waals surface area contributed by atoms with Gasteiger partial charge in [-0.05, 0) is 55.0 Å². The molecule has 27 heavy (non-hydrogen) atoms. The van der Waals surface area contributed by atoms with Crippen LogP contribution >= 0.6 is 0 Å². The Bertz CT molecular complexity index is 833. The lowest BCUT2D eigenvalue weighted by molar-refractivity contribution is -0.137. The van der Waals surface area contributed by atoms with Crippen LogP contribution < -0.4 is 9.47 Å². The molecule has 1 heterocycles. The molecule has 3 rings (SSSR count). The number of hydrogen-bond donors (Lipinski definition) is 0. The standard InChI is InChI=1S/C22H24F2O3/c1-3-5-6-7-14-8-9-15(13-18(14)23)17-12-16-10-11-19(26-4-2)20(24)21(16)27-22(17)25/h8-11,13,17H,3-7,12H2,1-2H3. The molecular weight excluding hydrogens is 350 g/mol. The average molecular weight is 374 g/mol. The fourth-order valence-corrected chi connectivity index (χ4v) is 3.39. The number of carbonyl (C=O) groups is 1. The van der Waals surface area contributed by atoms with Gasteiger partial charge >= 0.3 is 5.97 Å². The van der Waals surface area contributed by atoms with Crippen LogP contribution in [0.15, 0.2) is 30.3 Å². The number of rotatable bonds is 7. The maximum atomic E-state index is 14.4. The van der Waals surface area contributed by atoms with E-state index in [2.05, 4.69) is 6.92 Å². The first kappa shape index (κ1) is 19.3. The zero-order chi connectivity index (χ0) is 19.4. The number of unbranched alkanes of at least 4 members (excludes halogenated alkanes) is 2. The molecule has 5 heteroatoms. The van der Waals surface area contributed by atoms with Gasteiger partial charge in [-0.1, -0.05) is 38.0 Å². The third-order valence-corrected chi connectivity index (χ3v) is 4.88. The fourth-order valence-electron chi connectivity index (χ4n) is 3.39. The highest BCUT2D eigenvalue weighted by Crippen LogP contribution is 2.39. The van der Waals surface area contributed by atoms with Crippen LogP contribution in [0.3, 0.4) is 0 Å². The predicted molar refractivity (Wildman–Crippen MR) is 99.3 cm³/mol. The Hall–Kier alpha value is -2.43. The van der Waals surface area contributed by atoms with Gasteiger partial charge in [0.05, 0.1) is 12.5 Å². The van der Waals surface area contributed by atoms with Crippen LogP contribution in [0.2, 0.25) is 0 Å². The number of benzene rings is 2. The molecule has 2 aromatic carbocycles. The Morgan fingerprint density at radius 2 is 1.96 bits per heavy atom. The number of carbonyl (C=O) groups excluding carboxylic acids is 1. The molecule has 1 aliphatic rings. The summed E-state index contributed by atoms with van der Waals surface area (Å²) >= 11 is 0. The van der Waals surface area contributed by atoms with Gasteiger partial charge in [0.25, 0.3) is 0 Å². The molecule has 0 aliphatic carbocycles. The second-order valence-corrected chi connectivity index (χ2v) is 6.78. The summed E-state index contributed by atoms with van der Waals surface area (Å²) in [5.74, 6) is -2.22. The molecule has 0 aromatic heterocycles. The summed E-state index contributed by atoms with van der Waals surface area (Å²) in [6.45, 7) is 4.17. The lowest BCUT2D eigenvalue weighted by Crippen LogP contribution is -2.27. The van der Waals surface area contributed by atoms with Gasteiger partial charge in [-0.15, -0.1) is 0 Å². The van der Waals surface area contributed by atoms with E-state index in [1.807, 2.05) is 0 Å². The van der Waals surface area contributed by atoms with Crippen LogP contribution in [0.4, 0.5) is 8.78 Å². The second kappa shape index (κ2) is 8.51. The number of halogens is 2. The molecule has 0 saturated heterocycles. The summed E-state index contributed by atoms with van der Waals surface area (Å²) < 4.78 is 39.3. The molecule has 144 valence electrons. The van der Waals surface area contributed by atoms with E-state index in [1.165, 1.54) is 12.1 Å². The molecule has 0 radical (unpaired) electrons. The van der Waals surface area contributed by atoms with Crippen LogP contribution in [0, 0.1) is 11.6 Å². The topological polar surface area (TPSA) is 35.5 Å². The van der Waals surface area contributed by atoms with Crippen molar-refractivity contribution in [2.75, 3.05) is 6.61 Å². The SMILES string of the molecule is CCCCCc1ccc(C2Cc3ccc(OCC)c(F)c3OC2=O)cc1F. The molecule has 0 spiro atoms. The Morgan fingerprint density at radius 3 is 2.67 bits per heavy atom. The summed E-state index contributed by atoms with van der Waals surface area (Å²) in [5.41, 5.74) is 1.79. The lowest BCUT2D eigenvalue weighted by Gasteiger charge is -2.25. The maximum absolute atomic E-state index is 14.4. The minimum absolute atomic E-state index is 0.0602. The Labute approximate surface area is 158 Å². The van der Waals surface area contributed by atoms with Crippen molar-refractivity contribution < 1.29 is 23.0 Å². The first-order valence-electron chi connectivity index (χ1n) is 9.49. The molecule has 0 saturated carbocycles. The zero-order valence-electron chi connectivity index (χ0n) is 15.7. The zero-order valence-corrected chi connectivity index (χ0v) is 15.7. The van der Waals surface area contributed by atoms with Gasteiger partial charge in [0.2, 0.25) is 5.82 Å². The molecule has 0 fully saturated rings. The molecule has 0 bridgehead atoms. The molecular formula is C22H24F2O3. The highest BCUT2D eigenvalue weighted by atomic mass is 19.1. The van der Waals surface area contributed by atoms with Crippen molar-refractivity contribution in [1.82, 2.24) is 0 Å². The number of hydrogen-bond acceptors (Lipinski definition) is 3. The van der Waals surface area contributed by atoms with Gasteiger partial charge in [0.1, 0.15) is 5.82 Å². The van der Waals surface area contributed by atoms with Crippen molar-refractivity contribution >= 4 is 5.97 Å². The summed E-state index contributed by atoms with van der Waals surface area (Å²) in [7, 11) is 0. The second-order valence-electron chi connectivity index (χ2n) is 6.78. The largest absolute Gasteiger partial charge is 0.491 e. The number of ether oxygens (including phenoxy) is 2. The molecule has 0 N–H and O–H groups in total. The van der Waals surface area contributed by atoms with Crippen molar-refractivity contribution in [1.29, 1.82) is 0 Å². The van der Waals surface area contributed by atoms with E-state index >= 15 is 0 Å². The quantitative estimate of drug-likeness (QED) is 0.373. The summed E-state index contributed by atoms with van der Waals surface area (Å²) in [4.78, 5) is 12.4. The predicted octanol–water partition coefficient (Wildman–Crippen LogP) is 5.34. The van der Waals surface area contributed by atoms with Crippen LogP contribution in [0.25, 0.3) is 0 Å². The number of aryl methyl sites for hydroxylation is 1. The monoisotopic (exact) mass is 374 g/mol. The van der Waals surface area contributed by atoms with E-state index in [0.717, 1.165) is 19.3 Å². The fraction of sp³-hybridized carbons (Fsp3) is 0.409. The number of esters is 1. The van der Waals surface area contributed by atoms with Gasteiger partial charge in [-0.25, -0.2) is 4.39 Å². The lowest BCUT2D eigenvalue weighted by atomic mass is 9.88. The highest BCUT2D eigenvalue weighted by Gasteiger charge is 2.33. The van der Waals surface area contributed by atoms with E-state index < -0.39 is 17.7 Å². The van der Waals surface area contributed by atoms with Crippen LogP contribution in [0.5, 0.6) is 11.5 Å². The molecule has 2 aromatic rings. The van der Waals surface area contributed by atoms with Gasteiger partial charge in [0.15, 0.2) is 11.5 Å². The third kappa shape index (κ3) is 4.12. The van der Waals surface area contributed by atoms with Gasteiger partial charge < -0.3 is 9.47 Å². The maximum Gasteiger partial charge on any atom is 0.319 e. The van der Waals surface area contributed by atoms with Gasteiger partial charge in [-0.2, -0.15) is 4.39 Å². The van der Waals surface area contributed by atoms with Crippen molar-refractivity contribution in [2.24, 2.45) is 0 Å². The van der Waals surface area contributed by atoms with Gasteiger partial charge in [-0.3, -0.25) is 4.79 Å². The van der Waals surface area contributed by atoms with E-state index in [9.17, 15) is 13.6 Å². The highest BCUT2D eigenvalue weighted by molar-refractivity contribution is 5.83. The van der Waals surface area contributed by atoms with Crippen molar-refractivity contribution in [2.45, 2.75) is 51.9 Å². The third-order valence-electron chi connectivity index (χ3n) is 4.88. The van der Waals surface area contributed by atoms with Crippen molar-refractivity contribution in [3.8, 4) is 11.5 Å². The average Bonchev–Trinajstić information content (AvgIpc) is 2.66. The molecule has 0 amide bonds. The van der Waals surface area contributed by atoms with Crippen molar-refractivity contribution in [3.05, 3.63) is 58.7 Å². The molecule has 1 atom stereocenters. The Morgan fingerprint density at radius 1 is 1.15 bits per heavy atom. The molecule has 1 unspecified atom stereocenters. The molecule has 3 nitrogen and oxygen atoms in total. The minimum Gasteiger partial charge on any atom is -0.491 e. The minimum atomic E-state index is -0.668. The Balaban J connectivity index is 1.82. The smallest absolute Gasteiger partial charge is 0.319 e. The van der Waals surface area contributed by atoms with E-state index in [1.54, 1.807) is 25.1 Å². The first-order valence-corrected chi connectivity index (χ1v) is 9.49. The Kier molecular flexibility index (Phi) is 6.09. The van der Waals surface area contributed by atoms with Crippen LogP contribution in [0.1, 0.15) is 55.7 Å². The van der Waals surface area contributed by atoms with E-state index in [-0.39, 0.29) is 23.7 Å². The molecule has 1 aliphatic heterocycles. The van der Waals surface area contributed by atoms with Crippen molar-refractivity contribution in [3.63, 3.8) is 0 Å². The summed E-state index contributed by atoms with van der Waals surface area (Å²) in [6, 6.07) is 8.14. The summed E-state index contributed by atoms with van der Waals surface area (Å²) in [6.07, 6.45) is 4.03. The first-order chi connectivity index (χ1) is 13.0. The van der Waals surface area contributed by atoms with Crippen LogP contribution in [-0.4, -0.2) is 12.6 Å². The van der Waals surface area contributed by atoms with Crippen LogP contribution in [-0.2, 0) is 17.6 Å².